The number of aromatic amines is 1. The van der Waals surface area contributed by atoms with E-state index in [0.29, 0.717) is 63.0 Å². The molecule has 6 heterocycles. The minimum atomic E-state index is -3.13. The second kappa shape index (κ2) is 22.4. The number of para-hydroxylation sites is 2. The number of sulfonamides is 1. The van der Waals surface area contributed by atoms with Gasteiger partial charge in [0.1, 0.15) is 0 Å². The minimum absolute atomic E-state index is 0.220. The molecular weight excluding hydrogens is 893 g/mol. The second-order valence-corrected chi connectivity index (χ2v) is 19.3. The monoisotopic (exact) mass is 946 g/mol. The topological polar surface area (TPSA) is 215 Å². The van der Waals surface area contributed by atoms with Crippen molar-refractivity contribution in [2.45, 2.75) is 38.6 Å². The van der Waals surface area contributed by atoms with Gasteiger partial charge in [-0.25, -0.2) is 33.8 Å². The first-order valence-electron chi connectivity index (χ1n) is 22.3. The molecule has 0 unspecified atom stereocenters. The highest BCUT2D eigenvalue weighted by atomic mass is 32.2. The number of anilines is 4. The molecule has 2 fully saturated rings. The number of benzene rings is 3. The van der Waals surface area contributed by atoms with Crippen LogP contribution in [0.25, 0.3) is 32.5 Å². The summed E-state index contributed by atoms with van der Waals surface area (Å²) in [6.07, 6.45) is 9.72. The second-order valence-electron chi connectivity index (χ2n) is 16.2. The molecule has 0 radical (unpaired) electrons. The third-order valence-corrected chi connectivity index (χ3v) is 13.9. The number of H-pyrrole nitrogens is 1. The molecule has 2 amide bonds. The number of aromatic nitrogens is 6. The first-order valence-corrected chi connectivity index (χ1v) is 25.0. The Morgan fingerprint density at radius 2 is 1.52 bits per heavy atom. The van der Waals surface area contributed by atoms with Crippen LogP contribution in [-0.4, -0.2) is 130 Å². The third kappa shape index (κ3) is 12.1. The molecule has 2 saturated heterocycles. The molecule has 3 aromatic carbocycles. The lowest BCUT2D eigenvalue weighted by atomic mass is 10.1. The number of unbranched alkanes of at least 4 members (excludes halogenated alkanes) is 3. The molecule has 18 nitrogen and oxygen atoms in total. The van der Waals surface area contributed by atoms with Crippen LogP contribution in [0.1, 0.15) is 47.3 Å². The van der Waals surface area contributed by atoms with Crippen molar-refractivity contribution in [3.63, 3.8) is 0 Å². The smallest absolute Gasteiger partial charge is 0.254 e. The lowest BCUT2D eigenvalue weighted by Crippen LogP contribution is -2.47. The third-order valence-electron chi connectivity index (χ3n) is 11.5. The number of carbonyl (C=O) groups is 2. The summed E-state index contributed by atoms with van der Waals surface area (Å²) < 4.78 is 31.9. The van der Waals surface area contributed by atoms with Gasteiger partial charge in [-0.1, -0.05) is 61.4 Å². The number of morpholine rings is 1. The Bertz CT molecular complexity index is 2800. The van der Waals surface area contributed by atoms with E-state index in [-0.39, 0.29) is 11.8 Å². The molecule has 0 atom stereocenters. The van der Waals surface area contributed by atoms with E-state index in [1.165, 1.54) is 23.5 Å². The lowest BCUT2D eigenvalue weighted by Gasteiger charge is -2.32. The lowest BCUT2D eigenvalue weighted by molar-refractivity contribution is -0.129. The van der Waals surface area contributed by atoms with Gasteiger partial charge in [-0.15, -0.1) is 11.3 Å². The molecule has 0 saturated carbocycles. The maximum absolute atomic E-state index is 12.4. The fraction of sp³-hybridized carbons (Fsp3) is 0.340. The predicted molar refractivity (Wildman–Crippen MR) is 259 cm³/mol. The van der Waals surface area contributed by atoms with Crippen LogP contribution < -0.4 is 20.6 Å². The van der Waals surface area contributed by atoms with Crippen LogP contribution >= 0.6 is 11.3 Å². The summed E-state index contributed by atoms with van der Waals surface area (Å²) in [5.41, 5.74) is 6.71. The number of ether oxygens (including phenoxy) is 1. The van der Waals surface area contributed by atoms with Gasteiger partial charge in [0.25, 0.3) is 5.91 Å². The molecule has 0 aliphatic carbocycles. The number of rotatable bonds is 16. The number of piperazine rings is 1. The van der Waals surface area contributed by atoms with Crippen molar-refractivity contribution >= 4 is 77.4 Å². The summed E-state index contributed by atoms with van der Waals surface area (Å²) in [4.78, 5) is 50.0. The molecule has 4 aromatic heterocycles. The first kappa shape index (κ1) is 47.1. The van der Waals surface area contributed by atoms with Gasteiger partial charge in [-0.2, -0.15) is 9.40 Å². The number of thiophene rings is 1. The van der Waals surface area contributed by atoms with Gasteiger partial charge in [-0.05, 0) is 49.2 Å². The Labute approximate surface area is 393 Å². The number of carbonyl (C=O) groups excluding carboxylic acids is 2. The van der Waals surface area contributed by atoms with Crippen LogP contribution in [0.5, 0.6) is 0 Å². The Balaban J connectivity index is 0.000000183. The summed E-state index contributed by atoms with van der Waals surface area (Å²) in [6, 6.07) is 27.8. The van der Waals surface area contributed by atoms with Crippen molar-refractivity contribution in [2.24, 2.45) is 0 Å². The van der Waals surface area contributed by atoms with Gasteiger partial charge in [0.05, 0.1) is 47.0 Å². The number of hydrogen-bond donors (Lipinski definition) is 4. The van der Waals surface area contributed by atoms with Crippen molar-refractivity contribution < 1.29 is 28.0 Å². The summed E-state index contributed by atoms with van der Waals surface area (Å²) in [6.45, 7) is 6.75. The number of nitrogens with one attached hydrogen (secondary N) is 3. The van der Waals surface area contributed by atoms with Gasteiger partial charge in [0.2, 0.25) is 21.9 Å². The number of nitrogens with zero attached hydrogens (tertiary/aromatic N) is 9. The fourth-order valence-electron chi connectivity index (χ4n) is 7.97. The maximum atomic E-state index is 12.4. The summed E-state index contributed by atoms with van der Waals surface area (Å²) in [5.74, 6) is 1.52. The van der Waals surface area contributed by atoms with E-state index in [4.69, 9.17) is 19.9 Å². The normalized spacial score (nSPS) is 14.7. The predicted octanol–water partition coefficient (Wildman–Crippen LogP) is 6.28. The van der Waals surface area contributed by atoms with E-state index in [2.05, 4.69) is 41.3 Å². The van der Waals surface area contributed by atoms with Crippen molar-refractivity contribution in [3.8, 4) is 11.4 Å². The van der Waals surface area contributed by atoms with Crippen LogP contribution in [0.15, 0.2) is 104 Å². The maximum Gasteiger partial charge on any atom is 0.254 e. The van der Waals surface area contributed by atoms with Gasteiger partial charge in [0, 0.05) is 98.4 Å². The molecule has 0 bridgehead atoms. The van der Waals surface area contributed by atoms with E-state index < -0.39 is 10.0 Å². The van der Waals surface area contributed by atoms with Crippen LogP contribution in [0, 0.1) is 0 Å². The molecule has 67 heavy (non-hydrogen) atoms. The Kier molecular flexibility index (Phi) is 15.7. The Morgan fingerprint density at radius 1 is 0.836 bits per heavy atom. The fourth-order valence-corrected chi connectivity index (χ4v) is 9.95. The molecule has 7 aromatic rings. The minimum Gasteiger partial charge on any atom is -0.378 e. The SMILES string of the molecule is CS(=O)(=O)N1CCN(Cc2cc3nc(-c4cccc5[nH]ncc45)nc(N4CCOCC4)c3s2)CC1.O=C(CCCCCCNC(=O)c1cnc(N(c2ccccc2)c2ccccc2)nc1)NO. The van der Waals surface area contributed by atoms with E-state index in [0.717, 1.165) is 95.9 Å². The van der Waals surface area contributed by atoms with Gasteiger partial charge in [0.15, 0.2) is 11.6 Å². The molecule has 4 N–H and O–H groups in total. The van der Waals surface area contributed by atoms with E-state index in [9.17, 15) is 18.0 Å². The van der Waals surface area contributed by atoms with Crippen molar-refractivity contribution in [3.05, 3.63) is 114 Å². The Morgan fingerprint density at radius 3 is 2.19 bits per heavy atom. The average Bonchev–Trinajstić information content (AvgIpc) is 4.02. The molecule has 9 rings (SSSR count). The molecular formula is C47H54N12O6S2. The highest BCUT2D eigenvalue weighted by molar-refractivity contribution is 7.88. The zero-order chi connectivity index (χ0) is 46.6. The number of hydroxylamine groups is 1. The number of amides is 2. The number of fused-ring (bicyclic) bond motifs is 2. The van der Waals surface area contributed by atoms with Crippen molar-refractivity contribution in [1.29, 1.82) is 0 Å². The molecule has 2 aliphatic heterocycles. The van der Waals surface area contributed by atoms with Gasteiger partial charge in [-0.3, -0.25) is 29.7 Å². The molecule has 0 spiro atoms. The largest absolute Gasteiger partial charge is 0.378 e. The number of hydrogen-bond acceptors (Lipinski definition) is 15. The standard InChI is InChI=1S/C24H27N5O3.C23H27N7O3S2/c30-22(28-32)15-9-1-2-10-16-25-23(31)19-17-26-24(27-18-19)29(20-11-5-3-6-12-20)21-13-7-4-8-14-21;1-35(31,32)30-7-5-28(6-8-30)15-16-13-20-21(34-16)23(29-9-11-33-12-10-29)26-22(25-20)17-3-2-4-19-18(17)14-24-27-19/h3-8,11-14,17-18,32H,1-2,9-10,15-16H2,(H,25,31)(H,28,30);2-4,13-14H,5-12,15H2,1H3,(H,24,27). The van der Waals surface area contributed by atoms with Crippen LogP contribution in [-0.2, 0) is 26.1 Å². The molecule has 20 heteroatoms. The van der Waals surface area contributed by atoms with Crippen LogP contribution in [0.2, 0.25) is 0 Å². The summed E-state index contributed by atoms with van der Waals surface area (Å²) >= 11 is 1.73. The zero-order valence-corrected chi connectivity index (χ0v) is 38.9. The van der Waals surface area contributed by atoms with Crippen molar-refractivity contribution in [1.82, 2.24) is 50.1 Å². The molecule has 2 aliphatic rings. The highest BCUT2D eigenvalue weighted by Gasteiger charge is 2.26. The van der Waals surface area contributed by atoms with E-state index in [1.807, 2.05) is 90.0 Å². The van der Waals surface area contributed by atoms with Gasteiger partial charge < -0.3 is 15.0 Å². The van der Waals surface area contributed by atoms with E-state index >= 15 is 0 Å². The summed E-state index contributed by atoms with van der Waals surface area (Å²) in [7, 11) is -3.13. The van der Waals surface area contributed by atoms with Crippen LogP contribution in [0.4, 0.5) is 23.1 Å². The zero-order valence-electron chi connectivity index (χ0n) is 37.3. The molecule has 350 valence electrons. The summed E-state index contributed by atoms with van der Waals surface area (Å²) in [5, 5.41) is 19.5. The first-order chi connectivity index (χ1) is 32.6. The quantitative estimate of drug-likeness (QED) is 0.0477. The van der Waals surface area contributed by atoms with Crippen LogP contribution in [0.3, 0.4) is 0 Å². The average molecular weight is 947 g/mol. The highest BCUT2D eigenvalue weighted by Crippen LogP contribution is 2.37. The van der Waals surface area contributed by atoms with Crippen molar-refractivity contribution in [2.75, 3.05) is 75.1 Å². The van der Waals surface area contributed by atoms with Gasteiger partial charge >= 0.3 is 0 Å². The Hall–Kier alpha value is -6.42. The van der Waals surface area contributed by atoms with E-state index in [1.54, 1.807) is 21.1 Å².